The van der Waals surface area contributed by atoms with Crippen molar-refractivity contribution in [3.05, 3.63) is 35.4 Å². The number of hydrogen-bond acceptors (Lipinski definition) is 3. The summed E-state index contributed by atoms with van der Waals surface area (Å²) in [5.74, 6) is -1.31. The topological polar surface area (TPSA) is 66.8 Å². The van der Waals surface area contributed by atoms with Gasteiger partial charge in [0, 0.05) is 19.2 Å². The van der Waals surface area contributed by atoms with Crippen molar-refractivity contribution in [1.29, 1.82) is 0 Å². The number of carboxylic acid groups (broad SMARTS) is 1. The van der Waals surface area contributed by atoms with Gasteiger partial charge in [0.25, 0.3) is 5.91 Å². The molecular formula is C15H21NO4. The SMILES string of the molecule is CCN(C(=O)c1ccc(COC)cc1)C(C)(C)C(=O)O. The second-order valence-corrected chi connectivity index (χ2v) is 5.04. The number of nitrogens with zero attached hydrogens (tertiary/aromatic N) is 1. The number of carbonyl (C=O) groups excluding carboxylic acids is 1. The van der Waals surface area contributed by atoms with Crippen molar-refractivity contribution in [2.24, 2.45) is 0 Å². The number of amides is 1. The zero-order valence-electron chi connectivity index (χ0n) is 12.3. The minimum atomic E-state index is -1.24. The fraction of sp³-hybridized carbons (Fsp3) is 0.467. The molecule has 0 heterocycles. The van der Waals surface area contributed by atoms with Gasteiger partial charge >= 0.3 is 5.97 Å². The third-order valence-electron chi connectivity index (χ3n) is 3.27. The van der Waals surface area contributed by atoms with E-state index in [1.54, 1.807) is 38.3 Å². The van der Waals surface area contributed by atoms with Crippen LogP contribution in [0, 0.1) is 0 Å². The standard InChI is InChI=1S/C15H21NO4/c1-5-16(15(2,3)14(18)19)13(17)12-8-6-11(7-9-12)10-20-4/h6-9H,5,10H2,1-4H3,(H,18,19). The van der Waals surface area contributed by atoms with Crippen LogP contribution in [0.4, 0.5) is 0 Å². The molecule has 0 unspecified atom stereocenters. The summed E-state index contributed by atoms with van der Waals surface area (Å²) in [5.41, 5.74) is 0.197. The fourth-order valence-electron chi connectivity index (χ4n) is 1.97. The number of likely N-dealkylation sites (N-methyl/N-ethyl adjacent to an activating group) is 1. The van der Waals surface area contributed by atoms with Gasteiger partial charge in [0.1, 0.15) is 5.54 Å². The highest BCUT2D eigenvalue weighted by molar-refractivity contribution is 5.97. The number of methoxy groups -OCH3 is 1. The van der Waals surface area contributed by atoms with Gasteiger partial charge in [-0.05, 0) is 38.5 Å². The van der Waals surface area contributed by atoms with E-state index in [-0.39, 0.29) is 5.91 Å². The van der Waals surface area contributed by atoms with Gasteiger partial charge in [-0.2, -0.15) is 0 Å². The maximum absolute atomic E-state index is 12.4. The Kier molecular flexibility index (Phi) is 5.27. The lowest BCUT2D eigenvalue weighted by atomic mass is 10.0. The number of benzene rings is 1. The Morgan fingerprint density at radius 1 is 1.25 bits per heavy atom. The first-order valence-corrected chi connectivity index (χ1v) is 6.47. The fourth-order valence-corrected chi connectivity index (χ4v) is 1.97. The second kappa shape index (κ2) is 6.52. The minimum absolute atomic E-state index is 0.288. The third-order valence-corrected chi connectivity index (χ3v) is 3.27. The van der Waals surface area contributed by atoms with E-state index in [0.717, 1.165) is 5.56 Å². The van der Waals surface area contributed by atoms with Crippen molar-refractivity contribution in [3.63, 3.8) is 0 Å². The summed E-state index contributed by atoms with van der Waals surface area (Å²) in [6.45, 7) is 5.62. The first kappa shape index (κ1) is 16.2. The molecule has 1 aromatic carbocycles. The van der Waals surface area contributed by atoms with Gasteiger partial charge in [0.2, 0.25) is 0 Å². The van der Waals surface area contributed by atoms with E-state index < -0.39 is 11.5 Å². The Balaban J connectivity index is 3.00. The van der Waals surface area contributed by atoms with Crippen LogP contribution < -0.4 is 0 Å². The largest absolute Gasteiger partial charge is 0.480 e. The summed E-state index contributed by atoms with van der Waals surface area (Å²) >= 11 is 0. The quantitative estimate of drug-likeness (QED) is 0.866. The molecule has 0 aliphatic carbocycles. The van der Waals surface area contributed by atoms with E-state index in [4.69, 9.17) is 4.74 Å². The summed E-state index contributed by atoms with van der Waals surface area (Å²) in [6, 6.07) is 6.99. The zero-order valence-corrected chi connectivity index (χ0v) is 12.3. The van der Waals surface area contributed by atoms with E-state index >= 15 is 0 Å². The van der Waals surface area contributed by atoms with Gasteiger partial charge in [-0.3, -0.25) is 4.79 Å². The first-order valence-electron chi connectivity index (χ1n) is 6.47. The lowest BCUT2D eigenvalue weighted by Crippen LogP contribution is -2.52. The predicted molar refractivity (Wildman–Crippen MR) is 75.6 cm³/mol. The average molecular weight is 279 g/mol. The van der Waals surface area contributed by atoms with Gasteiger partial charge in [-0.15, -0.1) is 0 Å². The van der Waals surface area contributed by atoms with Crippen LogP contribution in [0.5, 0.6) is 0 Å². The van der Waals surface area contributed by atoms with Crippen LogP contribution in [0.2, 0.25) is 0 Å². The molecule has 0 atom stereocenters. The molecule has 1 amide bonds. The van der Waals surface area contributed by atoms with Crippen LogP contribution in [0.15, 0.2) is 24.3 Å². The van der Waals surface area contributed by atoms with E-state index in [0.29, 0.717) is 18.7 Å². The molecule has 0 bridgehead atoms. The molecule has 0 fully saturated rings. The molecule has 1 rings (SSSR count). The van der Waals surface area contributed by atoms with Crippen LogP contribution in [-0.2, 0) is 16.1 Å². The number of aliphatic carboxylic acids is 1. The van der Waals surface area contributed by atoms with Crippen LogP contribution in [-0.4, -0.2) is 41.1 Å². The van der Waals surface area contributed by atoms with E-state index in [1.807, 2.05) is 0 Å². The molecule has 0 radical (unpaired) electrons. The second-order valence-electron chi connectivity index (χ2n) is 5.04. The minimum Gasteiger partial charge on any atom is -0.480 e. The van der Waals surface area contributed by atoms with Crippen molar-refractivity contribution in [3.8, 4) is 0 Å². The number of hydrogen-bond donors (Lipinski definition) is 1. The van der Waals surface area contributed by atoms with Crippen molar-refractivity contribution in [2.75, 3.05) is 13.7 Å². The molecule has 5 heteroatoms. The highest BCUT2D eigenvalue weighted by Gasteiger charge is 2.37. The summed E-state index contributed by atoms with van der Waals surface area (Å²) in [4.78, 5) is 25.1. The number of rotatable bonds is 6. The van der Waals surface area contributed by atoms with Crippen LogP contribution in [0.1, 0.15) is 36.7 Å². The van der Waals surface area contributed by atoms with Gasteiger partial charge in [0.15, 0.2) is 0 Å². The number of carbonyl (C=O) groups is 2. The average Bonchev–Trinajstić information content (AvgIpc) is 2.40. The van der Waals surface area contributed by atoms with Crippen molar-refractivity contribution in [2.45, 2.75) is 32.9 Å². The number of carboxylic acids is 1. The monoisotopic (exact) mass is 279 g/mol. The molecule has 0 aliphatic heterocycles. The van der Waals surface area contributed by atoms with Gasteiger partial charge in [0.05, 0.1) is 6.61 Å². The summed E-state index contributed by atoms with van der Waals surface area (Å²) in [5, 5.41) is 9.24. The molecule has 0 saturated carbocycles. The Bertz CT molecular complexity index is 479. The van der Waals surface area contributed by atoms with Gasteiger partial charge < -0.3 is 14.7 Å². The van der Waals surface area contributed by atoms with E-state index in [1.165, 1.54) is 18.7 Å². The summed E-state index contributed by atoms with van der Waals surface area (Å²) < 4.78 is 5.01. The lowest BCUT2D eigenvalue weighted by Gasteiger charge is -2.34. The lowest BCUT2D eigenvalue weighted by molar-refractivity contribution is -0.147. The summed E-state index contributed by atoms with van der Waals surface area (Å²) in [6.07, 6.45) is 0. The highest BCUT2D eigenvalue weighted by Crippen LogP contribution is 2.18. The Hall–Kier alpha value is -1.88. The maximum Gasteiger partial charge on any atom is 0.329 e. The van der Waals surface area contributed by atoms with E-state index in [2.05, 4.69) is 0 Å². The van der Waals surface area contributed by atoms with Crippen molar-refractivity contribution >= 4 is 11.9 Å². The molecule has 5 nitrogen and oxygen atoms in total. The molecule has 0 spiro atoms. The van der Waals surface area contributed by atoms with Crippen molar-refractivity contribution < 1.29 is 19.4 Å². The highest BCUT2D eigenvalue weighted by atomic mass is 16.5. The zero-order chi connectivity index (χ0) is 15.3. The van der Waals surface area contributed by atoms with Crippen LogP contribution >= 0.6 is 0 Å². The predicted octanol–water partition coefficient (Wildman–Crippen LogP) is 2.16. The van der Waals surface area contributed by atoms with Crippen molar-refractivity contribution in [1.82, 2.24) is 4.90 Å². The smallest absolute Gasteiger partial charge is 0.329 e. The Labute approximate surface area is 119 Å². The van der Waals surface area contributed by atoms with Crippen LogP contribution in [0.25, 0.3) is 0 Å². The summed E-state index contributed by atoms with van der Waals surface area (Å²) in [7, 11) is 1.60. The molecule has 110 valence electrons. The van der Waals surface area contributed by atoms with Gasteiger partial charge in [-0.1, -0.05) is 12.1 Å². The van der Waals surface area contributed by atoms with Crippen LogP contribution in [0.3, 0.4) is 0 Å². The molecule has 20 heavy (non-hydrogen) atoms. The first-order chi connectivity index (χ1) is 9.34. The maximum atomic E-state index is 12.4. The molecule has 0 aromatic heterocycles. The molecule has 1 aromatic rings. The normalized spacial score (nSPS) is 11.2. The number of ether oxygens (including phenoxy) is 1. The molecule has 1 N–H and O–H groups in total. The van der Waals surface area contributed by atoms with E-state index in [9.17, 15) is 14.7 Å². The Morgan fingerprint density at radius 3 is 2.20 bits per heavy atom. The third kappa shape index (κ3) is 3.36. The molecule has 0 saturated heterocycles. The Morgan fingerprint density at radius 2 is 1.80 bits per heavy atom. The molecule has 0 aliphatic rings. The molecular weight excluding hydrogens is 258 g/mol. The van der Waals surface area contributed by atoms with Gasteiger partial charge in [-0.25, -0.2) is 4.79 Å².